The summed E-state index contributed by atoms with van der Waals surface area (Å²) in [6.07, 6.45) is 9.06. The molecule has 0 fully saturated rings. The molecule has 2 nitrogen and oxygen atoms in total. The first-order valence-corrected chi connectivity index (χ1v) is 6.44. The lowest BCUT2D eigenvalue weighted by atomic mass is 9.84. The maximum Gasteiger partial charge on any atom is 0.253 e. The highest BCUT2D eigenvalue weighted by Gasteiger charge is 2.21. The van der Waals surface area contributed by atoms with Crippen LogP contribution in [0.5, 0.6) is 0 Å². The Labute approximate surface area is 105 Å². The third-order valence-electron chi connectivity index (χ3n) is 3.38. The van der Waals surface area contributed by atoms with Gasteiger partial charge in [0.25, 0.3) is 5.91 Å². The second kappa shape index (κ2) is 6.43. The quantitative estimate of drug-likeness (QED) is 0.668. The topological polar surface area (TPSA) is 20.3 Å². The summed E-state index contributed by atoms with van der Waals surface area (Å²) >= 11 is 0. The molecule has 0 aromatic heterocycles. The van der Waals surface area contributed by atoms with E-state index in [9.17, 15) is 4.79 Å². The Morgan fingerprint density at radius 2 is 2.12 bits per heavy atom. The molecule has 1 aliphatic rings. The van der Waals surface area contributed by atoms with Gasteiger partial charge in [-0.15, -0.1) is 6.58 Å². The highest BCUT2D eigenvalue weighted by Crippen LogP contribution is 2.26. The molecule has 94 valence electrons. The summed E-state index contributed by atoms with van der Waals surface area (Å²) in [5.74, 6) is 1.04. The van der Waals surface area contributed by atoms with Crippen LogP contribution in [0.25, 0.3) is 0 Å². The number of carbonyl (C=O) groups is 1. The van der Waals surface area contributed by atoms with Gasteiger partial charge in [0.05, 0.1) is 0 Å². The molecule has 2 heteroatoms. The smallest absolute Gasteiger partial charge is 0.253 e. The Hall–Kier alpha value is -1.31. The molecule has 0 radical (unpaired) electrons. The van der Waals surface area contributed by atoms with E-state index in [2.05, 4.69) is 25.7 Å². The number of hydrogen-bond donors (Lipinski definition) is 0. The fourth-order valence-corrected chi connectivity index (χ4v) is 2.15. The first kappa shape index (κ1) is 13.8. The second-order valence-electron chi connectivity index (χ2n) is 4.51. The van der Waals surface area contributed by atoms with E-state index in [1.807, 2.05) is 30.9 Å². The van der Waals surface area contributed by atoms with Crippen molar-refractivity contribution < 1.29 is 4.79 Å². The van der Waals surface area contributed by atoms with Crippen LogP contribution in [0, 0.1) is 11.8 Å². The zero-order chi connectivity index (χ0) is 12.8. The highest BCUT2D eigenvalue weighted by molar-refractivity contribution is 5.96. The van der Waals surface area contributed by atoms with Crippen molar-refractivity contribution in [2.45, 2.75) is 27.2 Å². The van der Waals surface area contributed by atoms with Crippen LogP contribution in [-0.2, 0) is 4.79 Å². The largest absolute Gasteiger partial charge is 0.339 e. The fraction of sp³-hybridized carbons (Fsp3) is 0.533. The molecular weight excluding hydrogens is 210 g/mol. The number of allylic oxidation sites excluding steroid dienone is 3. The molecule has 0 aromatic rings. The van der Waals surface area contributed by atoms with Crippen molar-refractivity contribution in [1.29, 1.82) is 0 Å². The Kier molecular flexibility index (Phi) is 5.20. The SMILES string of the molecule is C=CCC1C=C(C(=O)N(CC)CC)C=CC1C. The molecule has 0 heterocycles. The summed E-state index contributed by atoms with van der Waals surface area (Å²) in [6.45, 7) is 11.5. The summed E-state index contributed by atoms with van der Waals surface area (Å²) in [7, 11) is 0. The van der Waals surface area contributed by atoms with Gasteiger partial charge in [0.1, 0.15) is 0 Å². The van der Waals surface area contributed by atoms with Gasteiger partial charge >= 0.3 is 0 Å². The van der Waals surface area contributed by atoms with Crippen LogP contribution in [0.1, 0.15) is 27.2 Å². The van der Waals surface area contributed by atoms with Crippen molar-refractivity contribution >= 4 is 5.91 Å². The van der Waals surface area contributed by atoms with Crippen LogP contribution in [0.4, 0.5) is 0 Å². The summed E-state index contributed by atoms with van der Waals surface area (Å²) in [6, 6.07) is 0. The third-order valence-corrected chi connectivity index (χ3v) is 3.38. The molecule has 0 aromatic carbocycles. The molecule has 0 bridgehead atoms. The summed E-state index contributed by atoms with van der Waals surface area (Å²) in [5.41, 5.74) is 0.832. The lowest BCUT2D eigenvalue weighted by Crippen LogP contribution is -2.32. The predicted molar refractivity (Wildman–Crippen MR) is 72.6 cm³/mol. The Morgan fingerprint density at radius 3 is 2.65 bits per heavy atom. The van der Waals surface area contributed by atoms with Gasteiger partial charge in [-0.2, -0.15) is 0 Å². The Bertz CT molecular complexity index is 337. The number of rotatable bonds is 5. The van der Waals surface area contributed by atoms with E-state index < -0.39 is 0 Å². The van der Waals surface area contributed by atoms with Gasteiger partial charge in [-0.3, -0.25) is 4.79 Å². The van der Waals surface area contributed by atoms with Gasteiger partial charge in [-0.25, -0.2) is 0 Å². The van der Waals surface area contributed by atoms with E-state index in [1.165, 1.54) is 0 Å². The highest BCUT2D eigenvalue weighted by atomic mass is 16.2. The molecule has 1 rings (SSSR count). The second-order valence-corrected chi connectivity index (χ2v) is 4.51. The van der Waals surface area contributed by atoms with E-state index >= 15 is 0 Å². The number of hydrogen-bond acceptors (Lipinski definition) is 1. The molecule has 2 unspecified atom stereocenters. The minimum atomic E-state index is 0.146. The molecule has 17 heavy (non-hydrogen) atoms. The van der Waals surface area contributed by atoms with Gasteiger partial charge in [-0.05, 0) is 32.1 Å². The van der Waals surface area contributed by atoms with Crippen molar-refractivity contribution in [1.82, 2.24) is 4.90 Å². The van der Waals surface area contributed by atoms with Crippen LogP contribution in [0.15, 0.2) is 36.5 Å². The standard InChI is InChI=1S/C15H23NO/c1-5-8-13-11-14(10-9-12(13)4)15(17)16(6-2)7-3/h5,9-13H,1,6-8H2,2-4H3. The average Bonchev–Trinajstić information content (AvgIpc) is 2.33. The van der Waals surface area contributed by atoms with Gasteiger partial charge in [0.15, 0.2) is 0 Å². The summed E-state index contributed by atoms with van der Waals surface area (Å²) < 4.78 is 0. The monoisotopic (exact) mass is 233 g/mol. The van der Waals surface area contributed by atoms with Gasteiger partial charge < -0.3 is 4.90 Å². The fourth-order valence-electron chi connectivity index (χ4n) is 2.15. The zero-order valence-corrected chi connectivity index (χ0v) is 11.1. The minimum Gasteiger partial charge on any atom is -0.339 e. The average molecular weight is 233 g/mol. The van der Waals surface area contributed by atoms with Crippen molar-refractivity contribution in [3.8, 4) is 0 Å². The maximum absolute atomic E-state index is 12.2. The van der Waals surface area contributed by atoms with E-state index in [4.69, 9.17) is 0 Å². The normalized spacial score (nSPS) is 23.1. The number of likely N-dealkylation sites (N-methyl/N-ethyl adjacent to an activating group) is 1. The predicted octanol–water partition coefficient (Wildman–Crippen LogP) is 3.18. The van der Waals surface area contributed by atoms with E-state index in [1.54, 1.807) is 0 Å². The molecule has 1 amide bonds. The van der Waals surface area contributed by atoms with Crippen LogP contribution in [0.2, 0.25) is 0 Å². The maximum atomic E-state index is 12.2. The molecule has 0 N–H and O–H groups in total. The van der Waals surface area contributed by atoms with Gasteiger partial charge in [0, 0.05) is 18.7 Å². The minimum absolute atomic E-state index is 0.146. The Balaban J connectivity index is 2.83. The van der Waals surface area contributed by atoms with Gasteiger partial charge in [0.2, 0.25) is 0 Å². The zero-order valence-electron chi connectivity index (χ0n) is 11.1. The van der Waals surface area contributed by atoms with E-state index in [0.717, 1.165) is 25.1 Å². The third kappa shape index (κ3) is 3.32. The van der Waals surface area contributed by atoms with Crippen LogP contribution in [0.3, 0.4) is 0 Å². The number of carbonyl (C=O) groups excluding carboxylic acids is 1. The lowest BCUT2D eigenvalue weighted by Gasteiger charge is -2.25. The molecule has 0 saturated carbocycles. The van der Waals surface area contributed by atoms with Crippen LogP contribution >= 0.6 is 0 Å². The molecular formula is C15H23NO. The Morgan fingerprint density at radius 1 is 1.47 bits per heavy atom. The molecule has 2 atom stereocenters. The summed E-state index contributed by atoms with van der Waals surface area (Å²) in [5, 5.41) is 0. The first-order valence-electron chi connectivity index (χ1n) is 6.44. The summed E-state index contributed by atoms with van der Waals surface area (Å²) in [4.78, 5) is 14.1. The molecule has 0 spiro atoms. The van der Waals surface area contributed by atoms with Crippen molar-refractivity contribution in [2.75, 3.05) is 13.1 Å². The van der Waals surface area contributed by atoms with Crippen LogP contribution in [-0.4, -0.2) is 23.9 Å². The van der Waals surface area contributed by atoms with Crippen molar-refractivity contribution in [3.05, 3.63) is 36.5 Å². The van der Waals surface area contributed by atoms with Crippen molar-refractivity contribution in [3.63, 3.8) is 0 Å². The number of amides is 1. The molecule has 0 saturated heterocycles. The molecule has 1 aliphatic carbocycles. The van der Waals surface area contributed by atoms with E-state index in [0.29, 0.717) is 11.8 Å². The van der Waals surface area contributed by atoms with Gasteiger partial charge in [-0.1, -0.05) is 31.2 Å². The van der Waals surface area contributed by atoms with E-state index in [-0.39, 0.29) is 5.91 Å². The molecule has 0 aliphatic heterocycles. The lowest BCUT2D eigenvalue weighted by molar-refractivity contribution is -0.126. The van der Waals surface area contributed by atoms with Crippen molar-refractivity contribution in [2.24, 2.45) is 11.8 Å². The van der Waals surface area contributed by atoms with Crippen LogP contribution < -0.4 is 0 Å². The first-order chi connectivity index (χ1) is 8.13. The number of nitrogens with zero attached hydrogens (tertiary/aromatic N) is 1.